The van der Waals surface area contributed by atoms with E-state index in [1.807, 2.05) is 0 Å². The molecular weight excluding hydrogens is 386 g/mol. The van der Waals surface area contributed by atoms with E-state index in [0.717, 1.165) is 0 Å². The number of anilines is 1. The molecule has 9 heteroatoms. The van der Waals surface area contributed by atoms with Gasteiger partial charge >= 0.3 is 6.03 Å². The molecule has 152 valence electrons. The maximum atomic E-state index is 12.7. The Bertz CT molecular complexity index is 772. The van der Waals surface area contributed by atoms with Gasteiger partial charge < -0.3 is 20.1 Å². The van der Waals surface area contributed by atoms with E-state index in [0.29, 0.717) is 42.3 Å². The molecule has 1 saturated carbocycles. The van der Waals surface area contributed by atoms with Gasteiger partial charge in [-0.15, -0.1) is 0 Å². The number of carbonyl (C=O) groups is 3. The molecule has 28 heavy (non-hydrogen) atoms. The number of nitrogens with one attached hydrogen (secondary N) is 2. The van der Waals surface area contributed by atoms with Gasteiger partial charge in [-0.25, -0.2) is 4.79 Å². The summed E-state index contributed by atoms with van der Waals surface area (Å²) in [5.41, 5.74) is 0.576. The molecule has 1 saturated heterocycles. The summed E-state index contributed by atoms with van der Waals surface area (Å²) < 4.78 is 10.1. The average Bonchev–Trinajstić information content (AvgIpc) is 2.67. The molecule has 2 N–H and O–H groups in total. The summed E-state index contributed by atoms with van der Waals surface area (Å²) in [6.07, 6.45) is 1.56. The van der Waals surface area contributed by atoms with Crippen molar-refractivity contribution in [2.75, 3.05) is 32.7 Å². The van der Waals surface area contributed by atoms with Gasteiger partial charge in [0, 0.05) is 24.8 Å². The minimum Gasteiger partial charge on any atom is -0.495 e. The maximum absolute atomic E-state index is 12.7. The summed E-state index contributed by atoms with van der Waals surface area (Å²) in [5, 5.41) is 6.14. The van der Waals surface area contributed by atoms with Crippen molar-refractivity contribution in [1.82, 2.24) is 10.2 Å². The van der Waals surface area contributed by atoms with Crippen LogP contribution in [0.2, 0.25) is 5.02 Å². The Morgan fingerprint density at radius 1 is 1.32 bits per heavy atom. The van der Waals surface area contributed by atoms with Gasteiger partial charge in [0.2, 0.25) is 11.8 Å². The van der Waals surface area contributed by atoms with Gasteiger partial charge in [0.1, 0.15) is 5.75 Å². The predicted octanol–water partition coefficient (Wildman–Crippen LogP) is 2.27. The SMILES string of the molecule is COCCN1C(=O)NC2CC(C(=O)Nc3ccc(OC)c(Cl)c3)CCC2C1=O. The smallest absolute Gasteiger partial charge is 0.324 e. The zero-order chi connectivity index (χ0) is 20.3. The van der Waals surface area contributed by atoms with E-state index in [4.69, 9.17) is 21.1 Å². The quantitative estimate of drug-likeness (QED) is 0.751. The first kappa shape index (κ1) is 20.4. The number of hydrogen-bond donors (Lipinski definition) is 2. The van der Waals surface area contributed by atoms with Crippen LogP contribution in [0.4, 0.5) is 10.5 Å². The largest absolute Gasteiger partial charge is 0.495 e. The summed E-state index contributed by atoms with van der Waals surface area (Å²) in [5.74, 6) is -0.397. The van der Waals surface area contributed by atoms with Crippen LogP contribution in [-0.2, 0) is 14.3 Å². The number of hydrogen-bond acceptors (Lipinski definition) is 5. The number of fused-ring (bicyclic) bond motifs is 1. The third-order valence-corrected chi connectivity index (χ3v) is 5.59. The Morgan fingerprint density at radius 2 is 2.11 bits per heavy atom. The highest BCUT2D eigenvalue weighted by atomic mass is 35.5. The minimum absolute atomic E-state index is 0.150. The molecule has 0 aromatic heterocycles. The van der Waals surface area contributed by atoms with Crippen LogP contribution >= 0.6 is 11.6 Å². The van der Waals surface area contributed by atoms with E-state index < -0.39 is 6.03 Å². The molecule has 8 nitrogen and oxygen atoms in total. The monoisotopic (exact) mass is 409 g/mol. The molecule has 3 rings (SSSR count). The van der Waals surface area contributed by atoms with Crippen molar-refractivity contribution in [3.63, 3.8) is 0 Å². The number of carbonyl (C=O) groups excluding carboxylic acids is 3. The van der Waals surface area contributed by atoms with Crippen molar-refractivity contribution in [3.8, 4) is 5.75 Å². The van der Waals surface area contributed by atoms with Crippen LogP contribution in [0.3, 0.4) is 0 Å². The number of methoxy groups -OCH3 is 2. The Morgan fingerprint density at radius 3 is 2.79 bits per heavy atom. The summed E-state index contributed by atoms with van der Waals surface area (Å²) in [6, 6.07) is 4.27. The molecule has 0 radical (unpaired) electrons. The van der Waals surface area contributed by atoms with Gasteiger partial charge in [0.15, 0.2) is 0 Å². The Hall–Kier alpha value is -2.32. The Balaban J connectivity index is 1.62. The second-order valence-corrected chi connectivity index (χ2v) is 7.40. The minimum atomic E-state index is -0.425. The number of imide groups is 1. The first-order valence-corrected chi connectivity index (χ1v) is 9.57. The summed E-state index contributed by atoms with van der Waals surface area (Å²) in [6.45, 7) is 0.526. The number of urea groups is 1. The Kier molecular flexibility index (Phi) is 6.41. The molecule has 0 spiro atoms. The lowest BCUT2D eigenvalue weighted by atomic mass is 9.76. The summed E-state index contributed by atoms with van der Waals surface area (Å²) >= 11 is 6.10. The number of rotatable bonds is 6. The third kappa shape index (κ3) is 4.23. The van der Waals surface area contributed by atoms with Crippen molar-refractivity contribution in [1.29, 1.82) is 0 Å². The number of benzene rings is 1. The molecule has 1 aliphatic carbocycles. The van der Waals surface area contributed by atoms with Crippen LogP contribution in [-0.4, -0.2) is 56.2 Å². The number of amides is 4. The predicted molar refractivity (Wildman–Crippen MR) is 103 cm³/mol. The van der Waals surface area contributed by atoms with Crippen molar-refractivity contribution in [2.24, 2.45) is 11.8 Å². The first-order chi connectivity index (χ1) is 13.4. The van der Waals surface area contributed by atoms with Crippen molar-refractivity contribution >= 4 is 35.1 Å². The van der Waals surface area contributed by atoms with E-state index in [2.05, 4.69) is 10.6 Å². The average molecular weight is 410 g/mol. The molecule has 1 aromatic carbocycles. The van der Waals surface area contributed by atoms with Gasteiger partial charge in [-0.05, 0) is 37.5 Å². The van der Waals surface area contributed by atoms with E-state index in [9.17, 15) is 14.4 Å². The molecule has 4 amide bonds. The van der Waals surface area contributed by atoms with E-state index in [1.165, 1.54) is 19.1 Å². The standard InChI is InChI=1S/C19H24ClN3O5/c1-27-8-7-23-18(25)13-5-3-11(9-15(13)22-19(23)26)17(24)21-12-4-6-16(28-2)14(20)10-12/h4,6,10-11,13,15H,3,5,7-9H2,1-2H3,(H,21,24)(H,22,26). The normalized spacial score (nSPS) is 24.4. The van der Waals surface area contributed by atoms with Gasteiger partial charge in [-0.3, -0.25) is 14.5 Å². The lowest BCUT2D eigenvalue weighted by molar-refractivity contribution is -0.138. The van der Waals surface area contributed by atoms with E-state index in [-0.39, 0.29) is 36.2 Å². The highest BCUT2D eigenvalue weighted by molar-refractivity contribution is 6.32. The molecule has 2 aliphatic rings. The van der Waals surface area contributed by atoms with E-state index in [1.54, 1.807) is 18.2 Å². The maximum Gasteiger partial charge on any atom is 0.324 e. The first-order valence-electron chi connectivity index (χ1n) is 9.19. The topological polar surface area (TPSA) is 97.0 Å². The fourth-order valence-electron chi connectivity index (χ4n) is 3.78. The summed E-state index contributed by atoms with van der Waals surface area (Å²) in [4.78, 5) is 38.7. The second kappa shape index (κ2) is 8.79. The molecule has 3 atom stereocenters. The number of ether oxygens (including phenoxy) is 2. The van der Waals surface area contributed by atoms with Gasteiger partial charge in [-0.2, -0.15) is 0 Å². The van der Waals surface area contributed by atoms with Crippen LogP contribution < -0.4 is 15.4 Å². The third-order valence-electron chi connectivity index (χ3n) is 5.30. The van der Waals surface area contributed by atoms with Crippen LogP contribution in [0, 0.1) is 11.8 Å². The summed E-state index contributed by atoms with van der Waals surface area (Å²) in [7, 11) is 3.04. The van der Waals surface area contributed by atoms with Crippen molar-refractivity contribution in [2.45, 2.75) is 25.3 Å². The molecular formula is C19H24ClN3O5. The van der Waals surface area contributed by atoms with Crippen LogP contribution in [0.5, 0.6) is 5.75 Å². The number of halogens is 1. The lowest BCUT2D eigenvalue weighted by Gasteiger charge is -2.41. The van der Waals surface area contributed by atoms with E-state index >= 15 is 0 Å². The fourth-order valence-corrected chi connectivity index (χ4v) is 4.04. The van der Waals surface area contributed by atoms with Crippen LogP contribution in [0.1, 0.15) is 19.3 Å². The van der Waals surface area contributed by atoms with Gasteiger partial charge in [0.25, 0.3) is 0 Å². The van der Waals surface area contributed by atoms with Gasteiger partial charge in [-0.1, -0.05) is 11.6 Å². The number of nitrogens with zero attached hydrogens (tertiary/aromatic N) is 1. The second-order valence-electron chi connectivity index (χ2n) is 6.99. The molecule has 0 bridgehead atoms. The highest BCUT2D eigenvalue weighted by Gasteiger charge is 2.45. The van der Waals surface area contributed by atoms with Crippen LogP contribution in [0.25, 0.3) is 0 Å². The molecule has 1 aliphatic heterocycles. The molecule has 1 heterocycles. The fraction of sp³-hybridized carbons (Fsp3) is 0.526. The molecule has 2 fully saturated rings. The molecule has 3 unspecified atom stereocenters. The molecule has 1 aromatic rings. The lowest BCUT2D eigenvalue weighted by Crippen LogP contribution is -2.62. The van der Waals surface area contributed by atoms with Crippen molar-refractivity contribution in [3.05, 3.63) is 23.2 Å². The zero-order valence-corrected chi connectivity index (χ0v) is 16.6. The zero-order valence-electron chi connectivity index (χ0n) is 15.9. The van der Waals surface area contributed by atoms with Gasteiger partial charge in [0.05, 0.1) is 31.2 Å². The highest BCUT2D eigenvalue weighted by Crippen LogP contribution is 2.34. The Labute approximate surface area is 168 Å². The van der Waals surface area contributed by atoms with Crippen LogP contribution in [0.15, 0.2) is 18.2 Å². The van der Waals surface area contributed by atoms with Crippen molar-refractivity contribution < 1.29 is 23.9 Å².